The first kappa shape index (κ1) is 10.6. The predicted octanol–water partition coefficient (Wildman–Crippen LogP) is 1.46. The van der Waals surface area contributed by atoms with Gasteiger partial charge in [-0.15, -0.1) is 0 Å². The van der Waals surface area contributed by atoms with E-state index in [1.807, 2.05) is 6.07 Å². The summed E-state index contributed by atoms with van der Waals surface area (Å²) in [6.07, 6.45) is 0.899. The Morgan fingerprint density at radius 3 is 2.53 bits per heavy atom. The first-order valence-electron chi connectivity index (χ1n) is 5.39. The fraction of sp³-hybridized carbons (Fsp3) is 0.417. The van der Waals surface area contributed by atoms with Crippen molar-refractivity contribution < 1.29 is 0 Å². The van der Waals surface area contributed by atoms with Gasteiger partial charge in [0.2, 0.25) is 0 Å². The van der Waals surface area contributed by atoms with Gasteiger partial charge in [0.25, 0.3) is 0 Å². The molecule has 2 rings (SSSR count). The molecule has 1 aliphatic rings. The highest BCUT2D eigenvalue weighted by Gasteiger charge is 2.12. The van der Waals surface area contributed by atoms with E-state index < -0.39 is 0 Å². The number of thiocarbonyl (C=S) groups is 1. The maximum atomic E-state index is 5.45. The Bertz CT molecular complexity index is 318. The second-order valence-corrected chi connectivity index (χ2v) is 4.26. The maximum Gasteiger partial charge on any atom is 0.0824 e. The molecule has 1 fully saturated rings. The Morgan fingerprint density at radius 1 is 1.20 bits per heavy atom. The zero-order valence-electron chi connectivity index (χ0n) is 8.78. The molecule has 0 spiro atoms. The van der Waals surface area contributed by atoms with Crippen LogP contribution in [0.4, 0.5) is 0 Å². The van der Waals surface area contributed by atoms with Gasteiger partial charge in [0.05, 0.1) is 4.99 Å². The smallest absolute Gasteiger partial charge is 0.0824 e. The molecule has 0 aromatic heterocycles. The van der Waals surface area contributed by atoms with Crippen molar-refractivity contribution in [1.29, 1.82) is 0 Å². The minimum atomic E-state index is 0.899. The van der Waals surface area contributed by atoms with E-state index in [9.17, 15) is 0 Å². The van der Waals surface area contributed by atoms with Crippen molar-refractivity contribution in [2.75, 3.05) is 26.2 Å². The van der Waals surface area contributed by atoms with Crippen LogP contribution >= 0.6 is 12.2 Å². The summed E-state index contributed by atoms with van der Waals surface area (Å²) in [6, 6.07) is 10.4. The number of hydrogen-bond donors (Lipinski definition) is 1. The topological polar surface area (TPSA) is 15.3 Å². The summed E-state index contributed by atoms with van der Waals surface area (Å²) < 4.78 is 0. The maximum absolute atomic E-state index is 5.45. The van der Waals surface area contributed by atoms with Gasteiger partial charge in [0.1, 0.15) is 0 Å². The summed E-state index contributed by atoms with van der Waals surface area (Å²) in [7, 11) is 0. The van der Waals surface area contributed by atoms with Crippen molar-refractivity contribution in [3.8, 4) is 0 Å². The zero-order chi connectivity index (χ0) is 10.5. The molecule has 1 aromatic carbocycles. The molecular formula is C12H16N2S. The van der Waals surface area contributed by atoms with Crippen molar-refractivity contribution in [1.82, 2.24) is 10.2 Å². The molecule has 3 heteroatoms. The predicted molar refractivity (Wildman–Crippen MR) is 67.2 cm³/mol. The number of hydrogen-bond acceptors (Lipinski definition) is 2. The lowest BCUT2D eigenvalue weighted by Gasteiger charge is -2.29. The van der Waals surface area contributed by atoms with Crippen molar-refractivity contribution in [3.63, 3.8) is 0 Å². The monoisotopic (exact) mass is 220 g/mol. The highest BCUT2D eigenvalue weighted by atomic mass is 32.1. The van der Waals surface area contributed by atoms with Gasteiger partial charge in [-0.2, -0.15) is 0 Å². The van der Waals surface area contributed by atoms with Crippen molar-refractivity contribution >= 4 is 17.2 Å². The Hall–Kier alpha value is -0.930. The molecule has 1 aliphatic heterocycles. The quantitative estimate of drug-likeness (QED) is 0.760. The van der Waals surface area contributed by atoms with Crippen LogP contribution in [0.1, 0.15) is 5.56 Å². The average molecular weight is 220 g/mol. The molecule has 15 heavy (non-hydrogen) atoms. The van der Waals surface area contributed by atoms with Gasteiger partial charge in [-0.1, -0.05) is 42.5 Å². The van der Waals surface area contributed by atoms with Crippen molar-refractivity contribution in [3.05, 3.63) is 35.9 Å². The molecule has 0 amide bonds. The van der Waals surface area contributed by atoms with Gasteiger partial charge >= 0.3 is 0 Å². The lowest BCUT2D eigenvalue weighted by Crippen LogP contribution is -2.46. The van der Waals surface area contributed by atoms with Crippen LogP contribution in [0.25, 0.3) is 0 Å². The number of nitrogens with one attached hydrogen (secondary N) is 1. The molecule has 1 heterocycles. The van der Waals surface area contributed by atoms with E-state index in [-0.39, 0.29) is 0 Å². The summed E-state index contributed by atoms with van der Waals surface area (Å²) in [6.45, 7) is 4.20. The molecular weight excluding hydrogens is 204 g/mol. The highest BCUT2D eigenvalue weighted by molar-refractivity contribution is 7.80. The first-order chi connectivity index (χ1) is 7.36. The average Bonchev–Trinajstić information content (AvgIpc) is 2.31. The summed E-state index contributed by atoms with van der Waals surface area (Å²) in [4.78, 5) is 3.38. The summed E-state index contributed by atoms with van der Waals surface area (Å²) in [5.74, 6) is 0. The normalized spacial score (nSPS) is 16.4. The van der Waals surface area contributed by atoms with E-state index in [2.05, 4.69) is 34.5 Å². The number of benzene rings is 1. The fourth-order valence-electron chi connectivity index (χ4n) is 1.80. The van der Waals surface area contributed by atoms with Gasteiger partial charge in [-0.05, 0) is 5.56 Å². The molecule has 0 aliphatic carbocycles. The van der Waals surface area contributed by atoms with E-state index in [4.69, 9.17) is 12.2 Å². The molecule has 1 saturated heterocycles. The van der Waals surface area contributed by atoms with Gasteiger partial charge in [0, 0.05) is 32.6 Å². The molecule has 0 atom stereocenters. The summed E-state index contributed by atoms with van der Waals surface area (Å²) in [5.41, 5.74) is 1.31. The minimum absolute atomic E-state index is 0.899. The molecule has 0 saturated carbocycles. The third-order valence-corrected chi connectivity index (χ3v) is 3.07. The molecule has 1 aromatic rings. The molecule has 0 radical (unpaired) electrons. The minimum Gasteiger partial charge on any atom is -0.363 e. The molecule has 2 nitrogen and oxygen atoms in total. The fourth-order valence-corrected chi connectivity index (χ4v) is 2.15. The standard InChI is InChI=1S/C12H16N2S/c15-12(14-8-6-13-7-9-14)10-11-4-2-1-3-5-11/h1-5,13H,6-10H2. The van der Waals surface area contributed by atoms with Gasteiger partial charge in [0.15, 0.2) is 0 Å². The molecule has 80 valence electrons. The molecule has 0 unspecified atom stereocenters. The largest absolute Gasteiger partial charge is 0.363 e. The lowest BCUT2D eigenvalue weighted by atomic mass is 10.1. The van der Waals surface area contributed by atoms with Crippen LogP contribution in [0.2, 0.25) is 0 Å². The Morgan fingerprint density at radius 2 is 1.87 bits per heavy atom. The lowest BCUT2D eigenvalue weighted by molar-refractivity contribution is 0.358. The van der Waals surface area contributed by atoms with E-state index in [0.717, 1.165) is 37.6 Å². The van der Waals surface area contributed by atoms with Crippen LogP contribution in [0.3, 0.4) is 0 Å². The van der Waals surface area contributed by atoms with Gasteiger partial charge in [-0.3, -0.25) is 0 Å². The third kappa shape index (κ3) is 3.01. The van der Waals surface area contributed by atoms with Crippen molar-refractivity contribution in [2.45, 2.75) is 6.42 Å². The summed E-state index contributed by atoms with van der Waals surface area (Å²) >= 11 is 5.45. The zero-order valence-corrected chi connectivity index (χ0v) is 9.59. The van der Waals surface area contributed by atoms with Gasteiger partial charge < -0.3 is 10.2 Å². The highest BCUT2D eigenvalue weighted by Crippen LogP contribution is 2.05. The van der Waals surface area contributed by atoms with Crippen LogP contribution in [0, 0.1) is 0 Å². The van der Waals surface area contributed by atoms with Crippen LogP contribution in [-0.2, 0) is 6.42 Å². The number of piperazine rings is 1. The van der Waals surface area contributed by atoms with Crippen LogP contribution < -0.4 is 5.32 Å². The van der Waals surface area contributed by atoms with Crippen molar-refractivity contribution in [2.24, 2.45) is 0 Å². The SMILES string of the molecule is S=C(Cc1ccccc1)N1CCNCC1. The van der Waals surface area contributed by atoms with Gasteiger partial charge in [-0.25, -0.2) is 0 Å². The Kier molecular flexibility index (Phi) is 3.69. The second-order valence-electron chi connectivity index (χ2n) is 3.79. The van der Waals surface area contributed by atoms with E-state index in [0.29, 0.717) is 0 Å². The number of nitrogens with zero attached hydrogens (tertiary/aromatic N) is 1. The van der Waals surface area contributed by atoms with Crippen LogP contribution in [0.15, 0.2) is 30.3 Å². The van der Waals surface area contributed by atoms with Crippen LogP contribution in [-0.4, -0.2) is 36.1 Å². The summed E-state index contributed by atoms with van der Waals surface area (Å²) in [5, 5.41) is 3.33. The Labute approximate surface area is 96.3 Å². The molecule has 0 bridgehead atoms. The first-order valence-corrected chi connectivity index (χ1v) is 5.79. The van der Waals surface area contributed by atoms with E-state index in [1.165, 1.54) is 5.56 Å². The second kappa shape index (κ2) is 5.24. The van der Waals surface area contributed by atoms with E-state index in [1.54, 1.807) is 0 Å². The number of rotatable bonds is 2. The van der Waals surface area contributed by atoms with Crippen LogP contribution in [0.5, 0.6) is 0 Å². The van der Waals surface area contributed by atoms with E-state index >= 15 is 0 Å². The molecule has 1 N–H and O–H groups in total. The third-order valence-electron chi connectivity index (χ3n) is 2.67. The Balaban J connectivity index is 1.91.